The molecule has 0 spiro atoms. The number of hydrogen-bond acceptors (Lipinski definition) is 11. The Bertz CT molecular complexity index is 1360. The Balaban J connectivity index is 1.25. The number of nitrogens with zero attached hydrogens (tertiary/aromatic N) is 4. The fraction of sp³-hybridized carbons (Fsp3) is 0.579. The first-order valence-electron chi connectivity index (χ1n) is 18.0. The molecular formula is C38H57N5O6. The molecule has 0 radical (unpaired) electrons. The second-order valence-electron chi connectivity index (χ2n) is 13.9. The van der Waals surface area contributed by atoms with Crippen LogP contribution in [0.1, 0.15) is 71.9 Å². The van der Waals surface area contributed by atoms with Crippen molar-refractivity contribution >= 4 is 12.2 Å². The molecule has 3 saturated heterocycles. The first-order valence-corrected chi connectivity index (χ1v) is 18.0. The van der Waals surface area contributed by atoms with Gasteiger partial charge in [-0.2, -0.15) is 0 Å². The third-order valence-electron chi connectivity index (χ3n) is 9.99. The Morgan fingerprint density at radius 1 is 0.653 bits per heavy atom. The van der Waals surface area contributed by atoms with Gasteiger partial charge in [0.1, 0.15) is 24.0 Å². The number of aromatic hydroxyl groups is 2. The van der Waals surface area contributed by atoms with Crippen LogP contribution in [0.15, 0.2) is 35.7 Å². The summed E-state index contributed by atoms with van der Waals surface area (Å²) in [5.74, 6) is 0.559. The normalized spacial score (nSPS) is 21.3. The van der Waals surface area contributed by atoms with Crippen molar-refractivity contribution in [1.29, 1.82) is 0 Å². The van der Waals surface area contributed by atoms with Crippen molar-refractivity contribution in [2.75, 3.05) is 65.6 Å². The van der Waals surface area contributed by atoms with Gasteiger partial charge >= 0.3 is 0 Å². The molecule has 2 atom stereocenters. The van der Waals surface area contributed by atoms with Crippen LogP contribution in [0.2, 0.25) is 0 Å². The number of aryl methyl sites for hydroxylation is 2. The topological polar surface area (TPSA) is 146 Å². The predicted octanol–water partition coefficient (Wildman–Crippen LogP) is 2.90. The lowest BCUT2D eigenvalue weighted by Crippen LogP contribution is -2.43. The Morgan fingerprint density at radius 2 is 1.12 bits per heavy atom. The summed E-state index contributed by atoms with van der Waals surface area (Å²) in [6.07, 6.45) is 6.70. The molecule has 3 aliphatic heterocycles. The van der Waals surface area contributed by atoms with Crippen LogP contribution < -0.4 is 5.32 Å². The maximum absolute atomic E-state index is 11.4. The quantitative estimate of drug-likeness (QED) is 0.178. The molecule has 2 aromatic carbocycles. The standard InChI is InChI=1S/C38H57N5O6/c1-27-19-29(23-33-5-14-42(33)35(46)7-17-44)37(48)31(21-27)25-40-11-3-9-39-10-16-41(13-4-12-40)26-32-22-28(2)20-30(38(32)49)24-34-6-15-43(34)36(47)8-18-45/h19-24,35-36,39,44-49H,3-18,25-26H2,1-2H3. The van der Waals surface area contributed by atoms with E-state index in [9.17, 15) is 30.6 Å². The summed E-state index contributed by atoms with van der Waals surface area (Å²) in [4.78, 5) is 8.58. The number of phenols is 2. The second kappa shape index (κ2) is 17.7. The summed E-state index contributed by atoms with van der Waals surface area (Å²) in [5, 5.41) is 65.5. The molecule has 49 heavy (non-hydrogen) atoms. The van der Waals surface area contributed by atoms with Crippen LogP contribution in [-0.2, 0) is 13.1 Å². The van der Waals surface area contributed by atoms with Gasteiger partial charge in [-0.3, -0.25) is 9.80 Å². The van der Waals surface area contributed by atoms with Crippen LogP contribution in [-0.4, -0.2) is 128 Å². The Morgan fingerprint density at radius 3 is 1.57 bits per heavy atom. The Hall–Kier alpha value is -3.16. The van der Waals surface area contributed by atoms with Crippen LogP contribution in [0.5, 0.6) is 11.5 Å². The maximum Gasteiger partial charge on any atom is 0.128 e. The SMILES string of the molecule is Cc1cc(C=C2CCN2C(O)CCO)c(O)c(CN2CCCNCCN(Cc3cc(C)cc(C=C4CCN4C(O)CCO)c3O)CCC2)c1. The average molecular weight is 680 g/mol. The summed E-state index contributed by atoms with van der Waals surface area (Å²) < 4.78 is 0. The number of nitrogens with one attached hydrogen (secondary N) is 1. The Kier molecular flexibility index (Phi) is 13.4. The van der Waals surface area contributed by atoms with Crippen LogP contribution in [0.25, 0.3) is 12.2 Å². The third kappa shape index (κ3) is 9.76. The van der Waals surface area contributed by atoms with Gasteiger partial charge < -0.3 is 45.8 Å². The van der Waals surface area contributed by atoms with E-state index >= 15 is 0 Å². The van der Waals surface area contributed by atoms with E-state index < -0.39 is 12.5 Å². The van der Waals surface area contributed by atoms with Crippen molar-refractivity contribution in [2.24, 2.45) is 0 Å². The minimum atomic E-state index is -0.716. The molecule has 2 aromatic rings. The van der Waals surface area contributed by atoms with Crippen LogP contribution in [0.4, 0.5) is 0 Å². The van der Waals surface area contributed by atoms with Crippen molar-refractivity contribution in [3.05, 3.63) is 69.0 Å². The van der Waals surface area contributed by atoms with E-state index in [0.717, 1.165) is 123 Å². The zero-order chi connectivity index (χ0) is 34.9. The van der Waals surface area contributed by atoms with Gasteiger partial charge in [0.25, 0.3) is 0 Å². The lowest BCUT2D eigenvalue weighted by atomic mass is 9.99. The number of benzene rings is 2. The van der Waals surface area contributed by atoms with Gasteiger partial charge in [0.2, 0.25) is 0 Å². The molecular weight excluding hydrogens is 622 g/mol. The van der Waals surface area contributed by atoms with E-state index in [2.05, 4.69) is 27.2 Å². The lowest BCUT2D eigenvalue weighted by molar-refractivity contribution is -0.0162. The van der Waals surface area contributed by atoms with Crippen molar-refractivity contribution in [3.63, 3.8) is 0 Å². The van der Waals surface area contributed by atoms with Crippen LogP contribution in [0.3, 0.4) is 0 Å². The Labute approximate surface area is 291 Å². The number of phenolic OH excluding ortho intramolecular Hbond substituents is 2. The first kappa shape index (κ1) is 37.1. The van der Waals surface area contributed by atoms with E-state index in [1.54, 1.807) is 0 Å². The van der Waals surface area contributed by atoms with Crippen LogP contribution in [0, 0.1) is 13.8 Å². The molecule has 3 heterocycles. The molecule has 7 N–H and O–H groups in total. The van der Waals surface area contributed by atoms with Crippen molar-refractivity contribution < 1.29 is 30.6 Å². The fourth-order valence-corrected chi connectivity index (χ4v) is 7.19. The van der Waals surface area contributed by atoms with Gasteiger partial charge in [-0.25, -0.2) is 0 Å². The number of rotatable bonds is 12. The van der Waals surface area contributed by atoms with Crippen molar-refractivity contribution in [2.45, 2.75) is 77.9 Å². The molecule has 3 aliphatic rings. The van der Waals surface area contributed by atoms with E-state index in [1.807, 2.05) is 47.9 Å². The first-order chi connectivity index (χ1) is 23.7. The van der Waals surface area contributed by atoms with E-state index in [0.29, 0.717) is 25.9 Å². The maximum atomic E-state index is 11.4. The fourth-order valence-electron chi connectivity index (χ4n) is 7.19. The smallest absolute Gasteiger partial charge is 0.128 e. The zero-order valence-electron chi connectivity index (χ0n) is 29.3. The molecule has 11 nitrogen and oxygen atoms in total. The average Bonchev–Trinajstić information content (AvgIpc) is 3.07. The molecule has 0 saturated carbocycles. The van der Waals surface area contributed by atoms with Crippen LogP contribution >= 0.6 is 0 Å². The molecule has 0 aromatic heterocycles. The molecule has 2 unspecified atom stereocenters. The molecule has 0 amide bonds. The number of aliphatic hydroxyl groups excluding tert-OH is 4. The highest BCUT2D eigenvalue weighted by atomic mass is 16.3. The van der Waals surface area contributed by atoms with E-state index in [-0.39, 0.29) is 24.7 Å². The highest BCUT2D eigenvalue weighted by molar-refractivity contribution is 5.64. The lowest BCUT2D eigenvalue weighted by Gasteiger charge is -2.40. The number of aliphatic hydroxyl groups is 4. The summed E-state index contributed by atoms with van der Waals surface area (Å²) in [6, 6.07) is 8.10. The largest absolute Gasteiger partial charge is 0.507 e. The van der Waals surface area contributed by atoms with E-state index in [1.165, 1.54) is 0 Å². The van der Waals surface area contributed by atoms with Crippen molar-refractivity contribution in [1.82, 2.24) is 24.9 Å². The van der Waals surface area contributed by atoms with Gasteiger partial charge in [-0.05, 0) is 88.3 Å². The summed E-state index contributed by atoms with van der Waals surface area (Å²) in [6.45, 7) is 12.0. The minimum absolute atomic E-state index is 0.0692. The summed E-state index contributed by atoms with van der Waals surface area (Å²) >= 11 is 0. The molecule has 3 fully saturated rings. The highest BCUT2D eigenvalue weighted by Crippen LogP contribution is 2.34. The molecule has 5 rings (SSSR count). The predicted molar refractivity (Wildman–Crippen MR) is 192 cm³/mol. The molecule has 11 heteroatoms. The van der Waals surface area contributed by atoms with E-state index in [4.69, 9.17) is 0 Å². The number of likely N-dealkylation sites (tertiary alicyclic amines) is 2. The summed E-state index contributed by atoms with van der Waals surface area (Å²) in [5.41, 5.74) is 7.39. The summed E-state index contributed by atoms with van der Waals surface area (Å²) in [7, 11) is 0. The van der Waals surface area contributed by atoms with Gasteiger partial charge in [-0.1, -0.05) is 12.1 Å². The molecule has 270 valence electrons. The van der Waals surface area contributed by atoms with Crippen molar-refractivity contribution in [3.8, 4) is 11.5 Å². The third-order valence-corrected chi connectivity index (χ3v) is 9.99. The number of hydrogen-bond donors (Lipinski definition) is 7. The highest BCUT2D eigenvalue weighted by Gasteiger charge is 2.28. The zero-order valence-corrected chi connectivity index (χ0v) is 29.3. The monoisotopic (exact) mass is 679 g/mol. The van der Waals surface area contributed by atoms with Gasteiger partial charge in [0.05, 0.1) is 0 Å². The second-order valence-corrected chi connectivity index (χ2v) is 13.9. The van der Waals surface area contributed by atoms with Gasteiger partial charge in [0.15, 0.2) is 0 Å². The molecule has 0 aliphatic carbocycles. The molecule has 0 bridgehead atoms. The minimum Gasteiger partial charge on any atom is -0.507 e. The van der Waals surface area contributed by atoms with Gasteiger partial charge in [-0.15, -0.1) is 0 Å². The van der Waals surface area contributed by atoms with Gasteiger partial charge in [0, 0.05) is 112 Å².